The fourth-order valence-electron chi connectivity index (χ4n) is 3.49. The number of aryl methyl sites for hydroxylation is 1. The molecular formula is C20H19N3O2S. The van der Waals surface area contributed by atoms with Crippen LogP contribution in [0.25, 0.3) is 0 Å². The van der Waals surface area contributed by atoms with E-state index in [-0.39, 0.29) is 17.6 Å². The van der Waals surface area contributed by atoms with E-state index in [4.69, 9.17) is 0 Å². The van der Waals surface area contributed by atoms with Crippen LogP contribution >= 0.6 is 11.3 Å². The fraction of sp³-hybridized carbons (Fsp3) is 0.250. The molecule has 6 heteroatoms. The van der Waals surface area contributed by atoms with Crippen LogP contribution in [0.1, 0.15) is 51.3 Å². The van der Waals surface area contributed by atoms with E-state index in [0.29, 0.717) is 13.0 Å². The van der Waals surface area contributed by atoms with Crippen LogP contribution in [-0.4, -0.2) is 21.5 Å². The van der Waals surface area contributed by atoms with E-state index in [1.807, 2.05) is 53.4 Å². The number of hydrogen-bond donors (Lipinski definition) is 1. The van der Waals surface area contributed by atoms with E-state index in [2.05, 4.69) is 10.4 Å². The molecule has 0 fully saturated rings. The fourth-order valence-corrected chi connectivity index (χ4v) is 4.35. The van der Waals surface area contributed by atoms with Crippen LogP contribution in [0.3, 0.4) is 0 Å². The van der Waals surface area contributed by atoms with E-state index in [1.165, 1.54) is 11.3 Å². The summed E-state index contributed by atoms with van der Waals surface area (Å²) in [5, 5.41) is 9.66. The number of carbonyl (C=O) groups excluding carboxylic acids is 2. The van der Waals surface area contributed by atoms with Crippen molar-refractivity contribution in [2.45, 2.75) is 32.7 Å². The lowest BCUT2D eigenvalue weighted by molar-refractivity contribution is -0.116. The maximum atomic E-state index is 12.3. The summed E-state index contributed by atoms with van der Waals surface area (Å²) in [5.41, 5.74) is 4.10. The lowest BCUT2D eigenvalue weighted by Gasteiger charge is -2.23. The first-order chi connectivity index (χ1) is 12.5. The summed E-state index contributed by atoms with van der Waals surface area (Å²) >= 11 is 1.43. The van der Waals surface area contributed by atoms with Gasteiger partial charge in [0.05, 0.1) is 17.1 Å². The SMILES string of the molecule is CC(=O)c1cc([C@H]2CC(=O)Nc3c2c(C)nn3Cc2ccccc2)cs1. The molecule has 1 aliphatic heterocycles. The Labute approximate surface area is 155 Å². The minimum Gasteiger partial charge on any atom is -0.311 e. The Kier molecular flexibility index (Phi) is 4.20. The number of ketones is 1. The summed E-state index contributed by atoms with van der Waals surface area (Å²) in [6.07, 6.45) is 0.374. The largest absolute Gasteiger partial charge is 0.311 e. The molecule has 1 aliphatic rings. The number of fused-ring (bicyclic) bond motifs is 1. The topological polar surface area (TPSA) is 64.0 Å². The molecule has 1 amide bonds. The highest BCUT2D eigenvalue weighted by atomic mass is 32.1. The van der Waals surface area contributed by atoms with Crippen molar-refractivity contribution in [3.63, 3.8) is 0 Å². The van der Waals surface area contributed by atoms with Gasteiger partial charge in [0.2, 0.25) is 5.91 Å². The molecule has 0 saturated carbocycles. The second-order valence-electron chi connectivity index (χ2n) is 6.60. The molecule has 2 aromatic heterocycles. The van der Waals surface area contributed by atoms with Gasteiger partial charge < -0.3 is 5.32 Å². The molecule has 0 bridgehead atoms. The zero-order chi connectivity index (χ0) is 18.3. The normalized spacial score (nSPS) is 16.2. The summed E-state index contributed by atoms with van der Waals surface area (Å²) < 4.78 is 1.86. The van der Waals surface area contributed by atoms with Gasteiger partial charge in [-0.3, -0.25) is 9.59 Å². The van der Waals surface area contributed by atoms with E-state index < -0.39 is 0 Å². The van der Waals surface area contributed by atoms with Gasteiger partial charge in [-0.2, -0.15) is 5.10 Å². The quantitative estimate of drug-likeness (QED) is 0.711. The van der Waals surface area contributed by atoms with Crippen molar-refractivity contribution in [1.29, 1.82) is 0 Å². The van der Waals surface area contributed by atoms with Crippen molar-refractivity contribution in [1.82, 2.24) is 9.78 Å². The van der Waals surface area contributed by atoms with Gasteiger partial charge in [-0.05, 0) is 36.4 Å². The Bertz CT molecular complexity index is 988. The van der Waals surface area contributed by atoms with Crippen LogP contribution < -0.4 is 5.32 Å². The number of nitrogens with one attached hydrogen (secondary N) is 1. The number of carbonyl (C=O) groups is 2. The van der Waals surface area contributed by atoms with Gasteiger partial charge in [-0.1, -0.05) is 30.3 Å². The van der Waals surface area contributed by atoms with E-state index in [1.54, 1.807) is 6.92 Å². The van der Waals surface area contributed by atoms with Gasteiger partial charge in [0.25, 0.3) is 0 Å². The molecule has 0 aliphatic carbocycles. The van der Waals surface area contributed by atoms with Crippen molar-refractivity contribution in [3.8, 4) is 0 Å². The first kappa shape index (κ1) is 16.7. The molecule has 26 heavy (non-hydrogen) atoms. The van der Waals surface area contributed by atoms with Gasteiger partial charge >= 0.3 is 0 Å². The van der Waals surface area contributed by atoms with Crippen molar-refractivity contribution < 1.29 is 9.59 Å². The summed E-state index contributed by atoms with van der Waals surface area (Å²) in [6.45, 7) is 4.15. The van der Waals surface area contributed by atoms with E-state index in [9.17, 15) is 9.59 Å². The van der Waals surface area contributed by atoms with Gasteiger partial charge in [-0.25, -0.2) is 4.68 Å². The Morgan fingerprint density at radius 3 is 2.81 bits per heavy atom. The summed E-state index contributed by atoms with van der Waals surface area (Å²) in [4.78, 5) is 24.7. The number of rotatable bonds is 4. The van der Waals surface area contributed by atoms with Crippen molar-refractivity contribution in [3.05, 3.63) is 69.0 Å². The monoisotopic (exact) mass is 365 g/mol. The van der Waals surface area contributed by atoms with Crippen LogP contribution in [0.4, 0.5) is 5.82 Å². The van der Waals surface area contributed by atoms with E-state index >= 15 is 0 Å². The zero-order valence-electron chi connectivity index (χ0n) is 14.7. The third-order valence-corrected chi connectivity index (χ3v) is 5.76. The molecule has 0 radical (unpaired) electrons. The van der Waals surface area contributed by atoms with Crippen LogP contribution in [0.2, 0.25) is 0 Å². The highest BCUT2D eigenvalue weighted by Gasteiger charge is 2.32. The van der Waals surface area contributed by atoms with Gasteiger partial charge in [0.15, 0.2) is 5.78 Å². The number of aromatic nitrogens is 2. The number of nitrogens with zero attached hydrogens (tertiary/aromatic N) is 2. The van der Waals surface area contributed by atoms with Crippen molar-refractivity contribution in [2.75, 3.05) is 5.32 Å². The maximum Gasteiger partial charge on any atom is 0.226 e. The minimum absolute atomic E-state index is 0.0210. The third-order valence-electron chi connectivity index (χ3n) is 4.71. The van der Waals surface area contributed by atoms with Crippen LogP contribution in [-0.2, 0) is 11.3 Å². The minimum atomic E-state index is -0.0624. The molecule has 4 rings (SSSR count). The van der Waals surface area contributed by atoms with E-state index in [0.717, 1.165) is 33.1 Å². The highest BCUT2D eigenvalue weighted by molar-refractivity contribution is 7.12. The first-order valence-corrected chi connectivity index (χ1v) is 9.41. The van der Waals surface area contributed by atoms with Crippen molar-refractivity contribution >= 4 is 28.8 Å². The number of amides is 1. The summed E-state index contributed by atoms with van der Waals surface area (Å²) in [5.74, 6) is 0.737. The third kappa shape index (κ3) is 2.97. The molecule has 3 heterocycles. The molecule has 1 N–H and O–H groups in total. The molecule has 0 spiro atoms. The second-order valence-corrected chi connectivity index (χ2v) is 7.51. The molecule has 1 atom stereocenters. The average Bonchev–Trinajstić information content (AvgIpc) is 3.21. The van der Waals surface area contributed by atoms with Gasteiger partial charge in [-0.15, -0.1) is 11.3 Å². The molecule has 0 unspecified atom stereocenters. The standard InChI is InChI=1S/C20H19N3O2S/c1-12-19-16(15-8-17(13(2)24)26-11-15)9-18(25)21-20(19)23(22-12)10-14-6-4-3-5-7-14/h3-8,11,16H,9-10H2,1-2H3,(H,21,25)/t16-/m1/s1. The average molecular weight is 365 g/mol. The van der Waals surface area contributed by atoms with Gasteiger partial charge in [0.1, 0.15) is 5.82 Å². The predicted molar refractivity (Wildman–Crippen MR) is 102 cm³/mol. The lowest BCUT2D eigenvalue weighted by Crippen LogP contribution is -2.25. The smallest absolute Gasteiger partial charge is 0.226 e. The Balaban J connectivity index is 1.75. The van der Waals surface area contributed by atoms with Crippen LogP contribution in [0.5, 0.6) is 0 Å². The Morgan fingerprint density at radius 2 is 2.12 bits per heavy atom. The molecule has 0 saturated heterocycles. The number of hydrogen-bond acceptors (Lipinski definition) is 4. The first-order valence-electron chi connectivity index (χ1n) is 8.53. The lowest BCUT2D eigenvalue weighted by atomic mass is 9.87. The zero-order valence-corrected chi connectivity index (χ0v) is 15.5. The molecule has 1 aromatic carbocycles. The predicted octanol–water partition coefficient (Wildman–Crippen LogP) is 3.98. The number of benzene rings is 1. The molecular weight excluding hydrogens is 346 g/mol. The molecule has 132 valence electrons. The number of Topliss-reactive ketones (excluding diaryl/α,β-unsaturated/α-hetero) is 1. The van der Waals surface area contributed by atoms with Crippen LogP contribution in [0, 0.1) is 6.92 Å². The van der Waals surface area contributed by atoms with Crippen LogP contribution in [0.15, 0.2) is 41.8 Å². The van der Waals surface area contributed by atoms with Gasteiger partial charge in [0, 0.05) is 17.9 Å². The highest BCUT2D eigenvalue weighted by Crippen LogP contribution is 2.40. The Morgan fingerprint density at radius 1 is 1.35 bits per heavy atom. The number of anilines is 1. The van der Waals surface area contributed by atoms with Crippen molar-refractivity contribution in [2.24, 2.45) is 0 Å². The number of thiophene rings is 1. The second kappa shape index (κ2) is 6.53. The maximum absolute atomic E-state index is 12.3. The molecule has 5 nitrogen and oxygen atoms in total. The summed E-state index contributed by atoms with van der Waals surface area (Å²) in [6, 6.07) is 12.0. The summed E-state index contributed by atoms with van der Waals surface area (Å²) in [7, 11) is 0. The molecule has 3 aromatic rings. The Hall–Kier alpha value is -2.73.